The molecule has 0 unspecified atom stereocenters. The molecule has 17 heavy (non-hydrogen) atoms. The molecular formula is C10H9F3N4. The van der Waals surface area contributed by atoms with Crippen LogP contribution < -0.4 is 5.73 Å². The highest BCUT2D eigenvalue weighted by molar-refractivity contribution is 5.51. The Morgan fingerprint density at radius 2 is 1.94 bits per heavy atom. The van der Waals surface area contributed by atoms with Crippen molar-refractivity contribution in [2.75, 3.05) is 5.73 Å². The predicted molar refractivity (Wildman–Crippen MR) is 55.5 cm³/mol. The number of halogens is 3. The molecule has 0 amide bonds. The topological polar surface area (TPSA) is 56.7 Å². The van der Waals surface area contributed by atoms with Crippen LogP contribution in [0, 0.1) is 6.92 Å². The molecule has 0 radical (unpaired) electrons. The van der Waals surface area contributed by atoms with E-state index in [2.05, 4.69) is 10.3 Å². The number of aromatic nitrogens is 3. The summed E-state index contributed by atoms with van der Waals surface area (Å²) in [7, 11) is 0. The Bertz CT molecular complexity index is 545. The molecule has 2 rings (SSSR count). The summed E-state index contributed by atoms with van der Waals surface area (Å²) in [5.74, 6) is 0. The molecular weight excluding hydrogens is 233 g/mol. The molecule has 2 aromatic rings. The number of hydrogen-bond donors (Lipinski definition) is 1. The molecule has 4 nitrogen and oxygen atoms in total. The van der Waals surface area contributed by atoms with Crippen LogP contribution in [0.5, 0.6) is 0 Å². The molecule has 0 saturated carbocycles. The summed E-state index contributed by atoms with van der Waals surface area (Å²) < 4.78 is 39.0. The first-order valence-electron chi connectivity index (χ1n) is 4.73. The molecule has 0 fully saturated rings. The van der Waals surface area contributed by atoms with Crippen molar-refractivity contribution in [3.05, 3.63) is 35.7 Å². The maximum atomic E-state index is 12.6. The highest BCUT2D eigenvalue weighted by atomic mass is 19.4. The van der Waals surface area contributed by atoms with Crippen LogP contribution >= 0.6 is 0 Å². The fraction of sp³-hybridized carbons (Fsp3) is 0.200. The zero-order valence-corrected chi connectivity index (χ0v) is 8.86. The average molecular weight is 242 g/mol. The zero-order valence-electron chi connectivity index (χ0n) is 8.86. The van der Waals surface area contributed by atoms with E-state index in [0.29, 0.717) is 5.69 Å². The van der Waals surface area contributed by atoms with Crippen molar-refractivity contribution in [3.63, 3.8) is 0 Å². The van der Waals surface area contributed by atoms with Gasteiger partial charge in [-0.3, -0.25) is 0 Å². The summed E-state index contributed by atoms with van der Waals surface area (Å²) in [5, 5.41) is 7.40. The highest BCUT2D eigenvalue weighted by Gasteiger charge is 2.31. The number of hydrogen-bond acceptors (Lipinski definition) is 3. The fourth-order valence-corrected chi connectivity index (χ4v) is 1.40. The number of rotatable bonds is 1. The minimum Gasteiger partial charge on any atom is -0.399 e. The average Bonchev–Trinajstić information content (AvgIpc) is 2.62. The van der Waals surface area contributed by atoms with E-state index in [-0.39, 0.29) is 11.4 Å². The van der Waals surface area contributed by atoms with Gasteiger partial charge in [0.15, 0.2) is 0 Å². The first-order valence-corrected chi connectivity index (χ1v) is 4.73. The van der Waals surface area contributed by atoms with Crippen LogP contribution in [-0.2, 0) is 6.18 Å². The predicted octanol–water partition coefficient (Wildman–Crippen LogP) is 2.18. The van der Waals surface area contributed by atoms with Crippen LogP contribution in [0.3, 0.4) is 0 Å². The molecule has 0 atom stereocenters. The number of benzene rings is 1. The number of nitrogens with zero attached hydrogens (tertiary/aromatic N) is 3. The second-order valence-corrected chi connectivity index (χ2v) is 3.62. The Morgan fingerprint density at radius 1 is 1.24 bits per heavy atom. The molecule has 2 N–H and O–H groups in total. The number of anilines is 1. The molecule has 7 heteroatoms. The normalized spacial score (nSPS) is 11.8. The Morgan fingerprint density at radius 3 is 2.47 bits per heavy atom. The van der Waals surface area contributed by atoms with E-state index in [1.165, 1.54) is 16.9 Å². The van der Waals surface area contributed by atoms with Gasteiger partial charge in [0.25, 0.3) is 0 Å². The van der Waals surface area contributed by atoms with Crippen LogP contribution in [0.4, 0.5) is 18.9 Å². The van der Waals surface area contributed by atoms with Crippen LogP contribution in [0.2, 0.25) is 0 Å². The maximum Gasteiger partial charge on any atom is 0.416 e. The molecule has 1 aromatic heterocycles. The standard InChI is InChI=1S/C10H9F3N4/c1-6-5-17(16-15-6)9-3-7(10(11,12)13)2-8(14)4-9/h2-5H,14H2,1H3. The second kappa shape index (κ2) is 3.76. The van der Waals surface area contributed by atoms with Crippen molar-refractivity contribution in [2.45, 2.75) is 13.1 Å². The van der Waals surface area contributed by atoms with Crippen LogP contribution in [0.15, 0.2) is 24.4 Å². The fourth-order valence-electron chi connectivity index (χ4n) is 1.40. The Kier molecular flexibility index (Phi) is 2.53. The van der Waals surface area contributed by atoms with Gasteiger partial charge < -0.3 is 5.73 Å². The molecule has 0 aliphatic rings. The molecule has 1 heterocycles. The van der Waals surface area contributed by atoms with Gasteiger partial charge in [-0.15, -0.1) is 5.10 Å². The summed E-state index contributed by atoms with van der Waals surface area (Å²) >= 11 is 0. The number of nitrogens with two attached hydrogens (primary N) is 1. The first-order chi connectivity index (χ1) is 7.86. The van der Waals surface area contributed by atoms with Gasteiger partial charge in [0.05, 0.1) is 23.1 Å². The van der Waals surface area contributed by atoms with Gasteiger partial charge in [-0.1, -0.05) is 5.21 Å². The second-order valence-electron chi connectivity index (χ2n) is 3.62. The van der Waals surface area contributed by atoms with Gasteiger partial charge in [-0.2, -0.15) is 13.2 Å². The maximum absolute atomic E-state index is 12.6. The molecule has 0 aliphatic heterocycles. The van der Waals surface area contributed by atoms with E-state index in [9.17, 15) is 13.2 Å². The van der Waals surface area contributed by atoms with Crippen molar-refractivity contribution in [3.8, 4) is 5.69 Å². The third-order valence-electron chi connectivity index (χ3n) is 2.14. The quantitative estimate of drug-likeness (QED) is 0.780. The Hall–Kier alpha value is -2.05. The van der Waals surface area contributed by atoms with Crippen molar-refractivity contribution < 1.29 is 13.2 Å². The van der Waals surface area contributed by atoms with E-state index in [4.69, 9.17) is 5.73 Å². The number of alkyl halides is 3. The van der Waals surface area contributed by atoms with E-state index in [1.54, 1.807) is 6.92 Å². The van der Waals surface area contributed by atoms with Crippen molar-refractivity contribution in [1.29, 1.82) is 0 Å². The van der Waals surface area contributed by atoms with Gasteiger partial charge in [0, 0.05) is 5.69 Å². The monoisotopic (exact) mass is 242 g/mol. The lowest BCUT2D eigenvalue weighted by atomic mass is 10.1. The largest absolute Gasteiger partial charge is 0.416 e. The van der Waals surface area contributed by atoms with Crippen molar-refractivity contribution in [1.82, 2.24) is 15.0 Å². The van der Waals surface area contributed by atoms with Gasteiger partial charge in [0.1, 0.15) is 0 Å². The Balaban J connectivity index is 2.52. The van der Waals surface area contributed by atoms with Crippen molar-refractivity contribution >= 4 is 5.69 Å². The van der Waals surface area contributed by atoms with E-state index >= 15 is 0 Å². The first kappa shape index (κ1) is 11.4. The third-order valence-corrected chi connectivity index (χ3v) is 2.14. The van der Waals surface area contributed by atoms with Crippen molar-refractivity contribution in [2.24, 2.45) is 0 Å². The van der Waals surface area contributed by atoms with Crippen LogP contribution in [-0.4, -0.2) is 15.0 Å². The SMILES string of the molecule is Cc1cn(-c2cc(N)cc(C(F)(F)F)c2)nn1. The summed E-state index contributed by atoms with van der Waals surface area (Å²) in [6.45, 7) is 1.69. The number of aryl methyl sites for hydroxylation is 1. The van der Waals surface area contributed by atoms with Gasteiger partial charge in [-0.05, 0) is 25.1 Å². The Labute approximate surface area is 94.9 Å². The van der Waals surface area contributed by atoms with Gasteiger partial charge in [0.2, 0.25) is 0 Å². The molecule has 0 aliphatic carbocycles. The molecule has 0 saturated heterocycles. The highest BCUT2D eigenvalue weighted by Crippen LogP contribution is 2.32. The molecule has 0 bridgehead atoms. The van der Waals surface area contributed by atoms with E-state index in [1.807, 2.05) is 0 Å². The summed E-state index contributed by atoms with van der Waals surface area (Å²) in [6, 6.07) is 3.27. The third kappa shape index (κ3) is 2.38. The summed E-state index contributed by atoms with van der Waals surface area (Å²) in [6.07, 6.45) is -2.91. The van der Waals surface area contributed by atoms with Gasteiger partial charge in [-0.25, -0.2) is 4.68 Å². The van der Waals surface area contributed by atoms with Crippen LogP contribution in [0.25, 0.3) is 5.69 Å². The lowest BCUT2D eigenvalue weighted by Crippen LogP contribution is -2.08. The molecule has 90 valence electrons. The molecule has 0 spiro atoms. The van der Waals surface area contributed by atoms with Crippen LogP contribution in [0.1, 0.15) is 11.3 Å². The zero-order chi connectivity index (χ0) is 12.6. The smallest absolute Gasteiger partial charge is 0.399 e. The van der Waals surface area contributed by atoms with E-state index in [0.717, 1.165) is 12.1 Å². The lowest BCUT2D eigenvalue weighted by Gasteiger charge is -2.09. The minimum atomic E-state index is -4.43. The number of nitrogen functional groups attached to an aromatic ring is 1. The van der Waals surface area contributed by atoms with E-state index < -0.39 is 11.7 Å². The van der Waals surface area contributed by atoms with Gasteiger partial charge >= 0.3 is 6.18 Å². The minimum absolute atomic E-state index is 0.0305. The lowest BCUT2D eigenvalue weighted by molar-refractivity contribution is -0.137. The summed E-state index contributed by atoms with van der Waals surface area (Å²) in [5.41, 5.74) is 5.51. The molecule has 1 aromatic carbocycles. The summed E-state index contributed by atoms with van der Waals surface area (Å²) in [4.78, 5) is 0.